The lowest BCUT2D eigenvalue weighted by atomic mass is 10.3. The zero-order valence-corrected chi connectivity index (χ0v) is 8.23. The molecule has 0 atom stereocenters. The molecule has 0 N–H and O–H groups in total. The molecule has 1 aliphatic rings. The van der Waals surface area contributed by atoms with Gasteiger partial charge in [0.15, 0.2) is 0 Å². The maximum atomic E-state index is 4.57. The number of hydrogen-bond donors (Lipinski definition) is 0. The Morgan fingerprint density at radius 2 is 2.45 bits per heavy atom. The Balaban J connectivity index is 2.32. The fourth-order valence-corrected chi connectivity index (χ4v) is 3.40. The van der Waals surface area contributed by atoms with Crippen molar-refractivity contribution in [3.63, 3.8) is 0 Å². The lowest BCUT2D eigenvalue weighted by Crippen LogP contribution is -1.99. The second kappa shape index (κ2) is 3.15. The lowest BCUT2D eigenvalue weighted by Gasteiger charge is -2.06. The smallest absolute Gasteiger partial charge is 0.0928 e. The normalized spacial score (nSPS) is 16.5. The minimum absolute atomic E-state index is 1.10. The molecule has 2 heterocycles. The first-order chi connectivity index (χ1) is 5.40. The fraction of sp³-hybridized carbons (Fsp3) is 0.625. The van der Waals surface area contributed by atoms with Crippen LogP contribution in [0.1, 0.15) is 22.5 Å². The van der Waals surface area contributed by atoms with Crippen LogP contribution in [-0.2, 0) is 18.6 Å². The summed E-state index contributed by atoms with van der Waals surface area (Å²) in [6.07, 6.45) is 2.29. The van der Waals surface area contributed by atoms with Crippen molar-refractivity contribution >= 4 is 23.1 Å². The molecular formula is C8H11NS2. The largest absolute Gasteiger partial charge is 0.246 e. The highest BCUT2D eigenvalue weighted by molar-refractivity contribution is 7.98. The Bertz CT molecular complexity index is 231. The predicted molar refractivity (Wildman–Crippen MR) is 51.4 cm³/mol. The van der Waals surface area contributed by atoms with Crippen LogP contribution in [0.3, 0.4) is 0 Å². The van der Waals surface area contributed by atoms with E-state index in [-0.39, 0.29) is 0 Å². The fourth-order valence-electron chi connectivity index (χ4n) is 1.23. The summed E-state index contributed by atoms with van der Waals surface area (Å²) in [6, 6.07) is 0. The van der Waals surface area contributed by atoms with E-state index in [1.165, 1.54) is 33.5 Å². The molecule has 11 heavy (non-hydrogen) atoms. The molecule has 0 saturated heterocycles. The molecule has 1 aromatic rings. The quantitative estimate of drug-likeness (QED) is 0.666. The van der Waals surface area contributed by atoms with Crippen molar-refractivity contribution in [2.45, 2.75) is 25.5 Å². The van der Waals surface area contributed by atoms with Gasteiger partial charge >= 0.3 is 0 Å². The van der Waals surface area contributed by atoms with Crippen LogP contribution in [0.15, 0.2) is 0 Å². The van der Waals surface area contributed by atoms with Gasteiger partial charge in [-0.25, -0.2) is 4.98 Å². The molecule has 0 bridgehead atoms. The van der Waals surface area contributed by atoms with E-state index in [9.17, 15) is 0 Å². The number of aromatic nitrogens is 1. The van der Waals surface area contributed by atoms with E-state index in [1.807, 2.05) is 23.1 Å². The van der Waals surface area contributed by atoms with Crippen molar-refractivity contribution in [3.05, 3.63) is 15.6 Å². The molecule has 1 nitrogen and oxygen atoms in total. The highest BCUT2D eigenvalue weighted by atomic mass is 32.2. The van der Waals surface area contributed by atoms with Crippen LogP contribution in [0.25, 0.3) is 0 Å². The van der Waals surface area contributed by atoms with E-state index in [4.69, 9.17) is 0 Å². The van der Waals surface area contributed by atoms with Gasteiger partial charge in [0.25, 0.3) is 0 Å². The van der Waals surface area contributed by atoms with Gasteiger partial charge in [0, 0.05) is 10.6 Å². The second-order valence-corrected chi connectivity index (χ2v) is 4.91. The van der Waals surface area contributed by atoms with Gasteiger partial charge in [0.2, 0.25) is 0 Å². The molecule has 0 aromatic carbocycles. The Hall–Kier alpha value is -0.0200. The maximum absolute atomic E-state index is 4.57. The van der Waals surface area contributed by atoms with Crippen LogP contribution >= 0.6 is 23.1 Å². The van der Waals surface area contributed by atoms with Crippen LogP contribution in [0.5, 0.6) is 0 Å². The van der Waals surface area contributed by atoms with Gasteiger partial charge in [-0.05, 0) is 18.6 Å². The molecule has 3 heteroatoms. The van der Waals surface area contributed by atoms with Gasteiger partial charge in [-0.1, -0.05) is 6.92 Å². The van der Waals surface area contributed by atoms with Crippen molar-refractivity contribution < 1.29 is 0 Å². The molecule has 0 aliphatic carbocycles. The topological polar surface area (TPSA) is 12.9 Å². The highest BCUT2D eigenvalue weighted by Crippen LogP contribution is 2.29. The van der Waals surface area contributed by atoms with E-state index in [0.29, 0.717) is 0 Å². The summed E-state index contributed by atoms with van der Waals surface area (Å²) < 4.78 is 0. The predicted octanol–water partition coefficient (Wildman–Crippen LogP) is 2.49. The minimum Gasteiger partial charge on any atom is -0.246 e. The molecule has 2 rings (SSSR count). The monoisotopic (exact) mass is 185 g/mol. The average Bonchev–Trinajstić information content (AvgIpc) is 2.46. The summed E-state index contributed by atoms with van der Waals surface area (Å²) >= 11 is 3.94. The third-order valence-corrected chi connectivity index (χ3v) is 4.25. The van der Waals surface area contributed by atoms with Crippen molar-refractivity contribution in [1.29, 1.82) is 0 Å². The van der Waals surface area contributed by atoms with Crippen LogP contribution in [0.4, 0.5) is 0 Å². The van der Waals surface area contributed by atoms with E-state index in [2.05, 4.69) is 11.9 Å². The minimum atomic E-state index is 1.10. The SMILES string of the molecule is CCc1nc2c(s1)CSCC2. The molecule has 0 fully saturated rings. The first-order valence-corrected chi connectivity index (χ1v) is 5.92. The van der Waals surface area contributed by atoms with Gasteiger partial charge in [-0.3, -0.25) is 0 Å². The zero-order valence-electron chi connectivity index (χ0n) is 6.59. The van der Waals surface area contributed by atoms with E-state index in [1.54, 1.807) is 0 Å². The van der Waals surface area contributed by atoms with Crippen molar-refractivity contribution in [3.8, 4) is 0 Å². The van der Waals surface area contributed by atoms with E-state index >= 15 is 0 Å². The van der Waals surface area contributed by atoms with Crippen molar-refractivity contribution in [2.75, 3.05) is 5.75 Å². The molecule has 0 saturated carbocycles. The molecule has 1 aromatic heterocycles. The number of rotatable bonds is 1. The zero-order chi connectivity index (χ0) is 7.68. The Kier molecular flexibility index (Phi) is 2.18. The van der Waals surface area contributed by atoms with Gasteiger partial charge in [-0.15, -0.1) is 11.3 Å². The Morgan fingerprint density at radius 1 is 1.55 bits per heavy atom. The summed E-state index contributed by atoms with van der Waals surface area (Å²) in [5.41, 5.74) is 1.38. The number of aryl methyl sites for hydroxylation is 2. The number of fused-ring (bicyclic) bond motifs is 1. The summed E-state index contributed by atoms with van der Waals surface area (Å²) in [5, 5.41) is 1.32. The molecule has 1 aliphatic heterocycles. The summed E-state index contributed by atoms with van der Waals surface area (Å²) in [7, 11) is 0. The van der Waals surface area contributed by atoms with Gasteiger partial charge in [0.05, 0.1) is 10.7 Å². The molecule has 0 radical (unpaired) electrons. The standard InChI is InChI=1S/C8H11NS2/c1-2-8-9-6-3-4-10-5-7(6)11-8/h2-5H2,1H3. The number of thioether (sulfide) groups is 1. The Labute approximate surface area is 75.2 Å². The van der Waals surface area contributed by atoms with E-state index < -0.39 is 0 Å². The molecule has 0 unspecified atom stereocenters. The van der Waals surface area contributed by atoms with Gasteiger partial charge in [-0.2, -0.15) is 11.8 Å². The molecule has 0 spiro atoms. The summed E-state index contributed by atoms with van der Waals surface area (Å²) in [6.45, 7) is 2.18. The second-order valence-electron chi connectivity index (χ2n) is 2.63. The average molecular weight is 185 g/mol. The molecule has 0 amide bonds. The molecule has 60 valence electrons. The highest BCUT2D eigenvalue weighted by Gasteiger charge is 2.13. The van der Waals surface area contributed by atoms with Crippen molar-refractivity contribution in [2.24, 2.45) is 0 Å². The maximum Gasteiger partial charge on any atom is 0.0928 e. The summed E-state index contributed by atoms with van der Waals surface area (Å²) in [5.74, 6) is 2.47. The Morgan fingerprint density at radius 3 is 3.18 bits per heavy atom. The molecular weight excluding hydrogens is 174 g/mol. The number of thiazole rings is 1. The first-order valence-electron chi connectivity index (χ1n) is 3.95. The summed E-state index contributed by atoms with van der Waals surface area (Å²) in [4.78, 5) is 6.10. The van der Waals surface area contributed by atoms with E-state index in [0.717, 1.165) is 6.42 Å². The van der Waals surface area contributed by atoms with Crippen molar-refractivity contribution in [1.82, 2.24) is 4.98 Å². The van der Waals surface area contributed by atoms with Gasteiger partial charge < -0.3 is 0 Å². The number of hydrogen-bond acceptors (Lipinski definition) is 3. The first kappa shape index (κ1) is 7.62. The third kappa shape index (κ3) is 1.44. The number of nitrogens with zero attached hydrogens (tertiary/aromatic N) is 1. The van der Waals surface area contributed by atoms with Crippen LogP contribution in [-0.4, -0.2) is 10.7 Å². The lowest BCUT2D eigenvalue weighted by molar-refractivity contribution is 0.986. The van der Waals surface area contributed by atoms with Gasteiger partial charge in [0.1, 0.15) is 0 Å². The third-order valence-electron chi connectivity index (χ3n) is 1.84. The van der Waals surface area contributed by atoms with Crippen LogP contribution < -0.4 is 0 Å². The van der Waals surface area contributed by atoms with Crippen LogP contribution in [0.2, 0.25) is 0 Å². The van der Waals surface area contributed by atoms with Crippen LogP contribution in [0, 0.1) is 0 Å².